The number of pyridine rings is 1. The van der Waals surface area contributed by atoms with Gasteiger partial charge in [0.25, 0.3) is 11.6 Å². The Balaban J connectivity index is 1.36. The van der Waals surface area contributed by atoms with Crippen LogP contribution in [-0.2, 0) is 11.4 Å². The molecule has 1 N–H and O–H groups in total. The van der Waals surface area contributed by atoms with Crippen LogP contribution in [0.25, 0.3) is 10.9 Å². The molecule has 0 spiro atoms. The van der Waals surface area contributed by atoms with Crippen molar-refractivity contribution in [1.82, 2.24) is 10.4 Å². The number of hydrogen-bond acceptors (Lipinski definition) is 8. The molecule has 0 saturated heterocycles. The number of hydrogen-bond donors (Lipinski definition) is 1. The first-order chi connectivity index (χ1) is 17.9. The number of aromatic nitrogens is 1. The molecule has 4 aromatic rings. The highest BCUT2D eigenvalue weighted by Gasteiger charge is 2.13. The van der Waals surface area contributed by atoms with Gasteiger partial charge in [-0.3, -0.25) is 19.9 Å². The summed E-state index contributed by atoms with van der Waals surface area (Å²) in [7, 11) is 1.49. The van der Waals surface area contributed by atoms with Gasteiger partial charge < -0.3 is 14.2 Å². The largest absolute Gasteiger partial charge is 0.493 e. The average Bonchev–Trinajstić information content (AvgIpc) is 2.91. The van der Waals surface area contributed by atoms with Crippen molar-refractivity contribution >= 4 is 44.6 Å². The van der Waals surface area contributed by atoms with Gasteiger partial charge in [0.1, 0.15) is 17.9 Å². The molecular formula is C26H21BrN4O6. The zero-order chi connectivity index (χ0) is 26.2. The van der Waals surface area contributed by atoms with Crippen LogP contribution in [-0.4, -0.2) is 35.7 Å². The first kappa shape index (κ1) is 25.6. The molecule has 0 aliphatic carbocycles. The van der Waals surface area contributed by atoms with E-state index in [0.29, 0.717) is 38.4 Å². The molecule has 0 atom stereocenters. The summed E-state index contributed by atoms with van der Waals surface area (Å²) in [5, 5.41) is 15.9. The van der Waals surface area contributed by atoms with Gasteiger partial charge in [-0.25, -0.2) is 5.43 Å². The molecule has 3 aromatic carbocycles. The number of nitro benzene ring substituents is 1. The average molecular weight is 565 g/mol. The van der Waals surface area contributed by atoms with Gasteiger partial charge in [-0.15, -0.1) is 0 Å². The van der Waals surface area contributed by atoms with E-state index in [0.717, 1.165) is 5.39 Å². The van der Waals surface area contributed by atoms with E-state index in [4.69, 9.17) is 14.2 Å². The van der Waals surface area contributed by atoms with Crippen LogP contribution in [0, 0.1) is 10.1 Å². The van der Waals surface area contributed by atoms with Crippen LogP contribution in [0.1, 0.15) is 11.1 Å². The summed E-state index contributed by atoms with van der Waals surface area (Å²) in [6, 6.07) is 18.8. The highest BCUT2D eigenvalue weighted by Crippen LogP contribution is 2.37. The van der Waals surface area contributed by atoms with Crippen LogP contribution in [0.4, 0.5) is 5.69 Å². The number of nitrogens with one attached hydrogen (secondary N) is 1. The Hall–Kier alpha value is -4.51. The van der Waals surface area contributed by atoms with Gasteiger partial charge in [0.05, 0.1) is 22.7 Å². The number of hydrazone groups is 1. The Bertz CT molecular complexity index is 1470. The number of halogens is 1. The Morgan fingerprint density at radius 3 is 2.73 bits per heavy atom. The zero-order valence-corrected chi connectivity index (χ0v) is 21.2. The highest BCUT2D eigenvalue weighted by molar-refractivity contribution is 9.10. The van der Waals surface area contributed by atoms with Crippen molar-refractivity contribution in [1.29, 1.82) is 0 Å². The van der Waals surface area contributed by atoms with Gasteiger partial charge in [0.15, 0.2) is 18.1 Å². The minimum absolute atomic E-state index is 0.0140. The Labute approximate surface area is 220 Å². The molecule has 1 amide bonds. The van der Waals surface area contributed by atoms with Crippen molar-refractivity contribution < 1.29 is 23.9 Å². The lowest BCUT2D eigenvalue weighted by molar-refractivity contribution is -0.384. The minimum Gasteiger partial charge on any atom is -0.493 e. The van der Waals surface area contributed by atoms with E-state index in [1.807, 2.05) is 24.3 Å². The van der Waals surface area contributed by atoms with Crippen molar-refractivity contribution in [3.05, 3.63) is 98.6 Å². The first-order valence-electron chi connectivity index (χ1n) is 11.0. The molecule has 0 bridgehead atoms. The van der Waals surface area contributed by atoms with E-state index < -0.39 is 10.8 Å². The molecule has 11 heteroatoms. The number of non-ortho nitro benzene ring substituents is 1. The number of benzene rings is 3. The monoisotopic (exact) mass is 564 g/mol. The Morgan fingerprint density at radius 1 is 1.11 bits per heavy atom. The molecule has 188 valence electrons. The third-order valence-electron chi connectivity index (χ3n) is 5.11. The lowest BCUT2D eigenvalue weighted by Gasteiger charge is -2.13. The summed E-state index contributed by atoms with van der Waals surface area (Å²) in [6.45, 7) is -0.128. The maximum absolute atomic E-state index is 12.2. The van der Waals surface area contributed by atoms with Gasteiger partial charge in [0, 0.05) is 23.7 Å². The predicted molar refractivity (Wildman–Crippen MR) is 141 cm³/mol. The highest BCUT2D eigenvalue weighted by atomic mass is 79.9. The summed E-state index contributed by atoms with van der Waals surface area (Å²) in [5.74, 6) is 0.908. The second-order valence-corrected chi connectivity index (χ2v) is 8.52. The number of methoxy groups -OCH3 is 1. The third-order valence-corrected chi connectivity index (χ3v) is 5.70. The van der Waals surface area contributed by atoms with Crippen molar-refractivity contribution in [3.63, 3.8) is 0 Å². The maximum Gasteiger partial charge on any atom is 0.277 e. The van der Waals surface area contributed by atoms with E-state index in [-0.39, 0.29) is 18.9 Å². The van der Waals surface area contributed by atoms with Crippen molar-refractivity contribution in [2.75, 3.05) is 13.7 Å². The summed E-state index contributed by atoms with van der Waals surface area (Å²) in [5.41, 5.74) is 4.35. The fourth-order valence-electron chi connectivity index (χ4n) is 3.42. The molecule has 0 fully saturated rings. The number of fused-ring (bicyclic) bond motifs is 1. The molecule has 10 nitrogen and oxygen atoms in total. The number of rotatable bonds is 10. The lowest BCUT2D eigenvalue weighted by Crippen LogP contribution is -2.24. The number of nitrogens with zero attached hydrogens (tertiary/aromatic N) is 3. The summed E-state index contributed by atoms with van der Waals surface area (Å²) >= 11 is 3.45. The predicted octanol–water partition coefficient (Wildman–Crippen LogP) is 5.02. The van der Waals surface area contributed by atoms with Crippen LogP contribution >= 0.6 is 15.9 Å². The van der Waals surface area contributed by atoms with Crippen molar-refractivity contribution in [3.8, 4) is 17.2 Å². The van der Waals surface area contributed by atoms with E-state index in [9.17, 15) is 14.9 Å². The second-order valence-electron chi connectivity index (χ2n) is 7.66. The number of amides is 1. The molecule has 1 heterocycles. The van der Waals surface area contributed by atoms with Gasteiger partial charge >= 0.3 is 0 Å². The minimum atomic E-state index is -0.458. The molecule has 0 radical (unpaired) electrons. The molecule has 4 rings (SSSR count). The molecule has 0 aliphatic heterocycles. The molecule has 37 heavy (non-hydrogen) atoms. The number of nitro groups is 1. The van der Waals surface area contributed by atoms with Crippen LogP contribution in [0.2, 0.25) is 0 Å². The summed E-state index contributed by atoms with van der Waals surface area (Å²) in [4.78, 5) is 27.0. The molecule has 0 saturated carbocycles. The second kappa shape index (κ2) is 12.0. The number of carbonyl (C=O) groups excluding carboxylic acids is 1. The zero-order valence-electron chi connectivity index (χ0n) is 19.6. The molecule has 0 aliphatic rings. The fraction of sp³-hybridized carbons (Fsp3) is 0.115. The summed E-state index contributed by atoms with van der Waals surface area (Å²) < 4.78 is 17.5. The first-order valence-corrected chi connectivity index (χ1v) is 11.8. The fourth-order valence-corrected chi connectivity index (χ4v) is 3.99. The lowest BCUT2D eigenvalue weighted by atomic mass is 10.2. The van der Waals surface area contributed by atoms with Gasteiger partial charge in [-0.05, 0) is 51.3 Å². The molecule has 1 aromatic heterocycles. The van der Waals surface area contributed by atoms with Crippen LogP contribution < -0.4 is 19.6 Å². The van der Waals surface area contributed by atoms with Gasteiger partial charge in [-0.1, -0.05) is 30.3 Å². The number of carbonyl (C=O) groups is 1. The van der Waals surface area contributed by atoms with Crippen molar-refractivity contribution in [2.45, 2.75) is 6.61 Å². The Morgan fingerprint density at radius 2 is 1.92 bits per heavy atom. The van der Waals surface area contributed by atoms with E-state index in [2.05, 4.69) is 31.4 Å². The van der Waals surface area contributed by atoms with Gasteiger partial charge in [-0.2, -0.15) is 5.10 Å². The molecule has 0 unspecified atom stereocenters. The normalized spacial score (nSPS) is 10.9. The van der Waals surface area contributed by atoms with E-state index in [1.165, 1.54) is 25.5 Å². The summed E-state index contributed by atoms with van der Waals surface area (Å²) in [6.07, 6.45) is 3.12. The smallest absolute Gasteiger partial charge is 0.277 e. The van der Waals surface area contributed by atoms with Crippen LogP contribution in [0.3, 0.4) is 0 Å². The third kappa shape index (κ3) is 6.58. The number of para-hydroxylation sites is 1. The van der Waals surface area contributed by atoms with Crippen LogP contribution in [0.5, 0.6) is 17.2 Å². The van der Waals surface area contributed by atoms with Crippen molar-refractivity contribution in [2.24, 2.45) is 5.10 Å². The van der Waals surface area contributed by atoms with E-state index >= 15 is 0 Å². The topological polar surface area (TPSA) is 125 Å². The standard InChI is InChI=1S/C26H21BrN4O6/c1-35-23-13-18(12-21(27)26(23)37-15-17-5-2-8-20(11-17)31(33)34)14-29-30-24(32)16-36-22-9-3-6-19-7-4-10-28-25(19)22/h2-14H,15-16H2,1H3,(H,30,32)/b29-14+. The molecular weight excluding hydrogens is 544 g/mol. The quantitative estimate of drug-likeness (QED) is 0.163. The number of ether oxygens (including phenoxy) is 3. The Kier molecular flexibility index (Phi) is 8.26. The SMILES string of the molecule is COc1cc(/C=N/NC(=O)COc2cccc3cccnc23)cc(Br)c1OCc1cccc([N+](=O)[O-])c1. The van der Waals surface area contributed by atoms with Gasteiger partial charge in [0.2, 0.25) is 0 Å². The van der Waals surface area contributed by atoms with E-state index in [1.54, 1.807) is 36.5 Å². The van der Waals surface area contributed by atoms with Crippen LogP contribution in [0.15, 0.2) is 82.5 Å². The maximum atomic E-state index is 12.2.